The van der Waals surface area contributed by atoms with Crippen molar-refractivity contribution in [2.45, 2.75) is 63.8 Å². The zero-order valence-electron chi connectivity index (χ0n) is 10.4. The molecular weight excluding hydrogens is 210 g/mol. The summed E-state index contributed by atoms with van der Waals surface area (Å²) in [7, 11) is 0. The number of rotatable bonds is 2. The maximum Gasteiger partial charge on any atom is 0.114 e. The van der Waals surface area contributed by atoms with Crippen molar-refractivity contribution in [3.8, 4) is 0 Å². The highest BCUT2D eigenvalue weighted by molar-refractivity contribution is 4.94. The lowest BCUT2D eigenvalue weighted by Crippen LogP contribution is -2.62. The highest BCUT2D eigenvalue weighted by Crippen LogP contribution is 2.25. The predicted octanol–water partition coefficient (Wildman–Crippen LogP) is -0.362. The van der Waals surface area contributed by atoms with Crippen molar-refractivity contribution in [3.05, 3.63) is 0 Å². The van der Waals surface area contributed by atoms with E-state index in [0.29, 0.717) is 0 Å². The first kappa shape index (κ1) is 13.9. The van der Waals surface area contributed by atoms with Crippen molar-refractivity contribution < 1.29 is 19.7 Å². The zero-order chi connectivity index (χ0) is 12.5. The van der Waals surface area contributed by atoms with E-state index in [1.54, 1.807) is 6.92 Å². The first-order valence-corrected chi connectivity index (χ1v) is 5.64. The molecule has 0 saturated carbocycles. The van der Waals surface area contributed by atoms with Crippen LogP contribution in [0.4, 0.5) is 0 Å². The molecule has 1 heterocycles. The van der Waals surface area contributed by atoms with Crippen molar-refractivity contribution >= 4 is 0 Å². The minimum atomic E-state index is -0.819. The number of hydrogen-bond donors (Lipinski definition) is 3. The Hall–Kier alpha value is -0.200. The normalized spacial score (nSPS) is 41.1. The van der Waals surface area contributed by atoms with Gasteiger partial charge in [0.25, 0.3) is 0 Å². The topological polar surface area (TPSA) is 84.9 Å². The highest BCUT2D eigenvalue weighted by atomic mass is 16.6. The molecule has 1 saturated heterocycles. The van der Waals surface area contributed by atoms with Crippen LogP contribution in [0.1, 0.15) is 27.7 Å². The second-order valence-electron chi connectivity index (χ2n) is 5.33. The molecule has 5 atom stereocenters. The molecule has 0 bridgehead atoms. The van der Waals surface area contributed by atoms with Crippen molar-refractivity contribution in [1.29, 1.82) is 0 Å². The fraction of sp³-hybridized carbons (Fsp3) is 1.00. The Morgan fingerprint density at radius 2 is 1.94 bits per heavy atom. The maximum atomic E-state index is 10.0. The average Bonchev–Trinajstić information content (AvgIpc) is 2.17. The smallest absolute Gasteiger partial charge is 0.114 e. The summed E-state index contributed by atoms with van der Waals surface area (Å²) in [5.41, 5.74) is 5.40. The van der Waals surface area contributed by atoms with E-state index >= 15 is 0 Å². The quantitative estimate of drug-likeness (QED) is 0.606. The van der Waals surface area contributed by atoms with Crippen molar-refractivity contribution in [2.75, 3.05) is 6.61 Å². The number of aliphatic hydroxyl groups is 2. The van der Waals surface area contributed by atoms with Gasteiger partial charge < -0.3 is 25.4 Å². The van der Waals surface area contributed by atoms with Crippen molar-refractivity contribution in [3.63, 3.8) is 0 Å². The lowest BCUT2D eigenvalue weighted by molar-refractivity contribution is -0.228. The molecule has 1 aliphatic heterocycles. The summed E-state index contributed by atoms with van der Waals surface area (Å²) in [6.45, 7) is 7.26. The molecule has 4 N–H and O–H groups in total. The molecule has 0 aromatic rings. The molecule has 96 valence electrons. The second kappa shape index (κ2) is 4.98. The standard InChI is InChI=1S/C11H23NO4/c1-6-8(12)9(14)10(7(5-13)15-6)16-11(2,3)4/h6-10,13-14H,5,12H2,1-4H3. The lowest BCUT2D eigenvalue weighted by Gasteiger charge is -2.44. The Morgan fingerprint density at radius 3 is 2.38 bits per heavy atom. The largest absolute Gasteiger partial charge is 0.394 e. The second-order valence-corrected chi connectivity index (χ2v) is 5.33. The minimum Gasteiger partial charge on any atom is -0.394 e. The Labute approximate surface area is 96.5 Å². The van der Waals surface area contributed by atoms with Gasteiger partial charge in [-0.25, -0.2) is 0 Å². The fourth-order valence-electron chi connectivity index (χ4n) is 1.86. The lowest BCUT2D eigenvalue weighted by atomic mass is 9.93. The first-order valence-electron chi connectivity index (χ1n) is 5.64. The molecule has 0 radical (unpaired) electrons. The summed E-state index contributed by atoms with van der Waals surface area (Å²) >= 11 is 0. The van der Waals surface area contributed by atoms with Crippen LogP contribution in [0, 0.1) is 0 Å². The molecular formula is C11H23NO4. The van der Waals surface area contributed by atoms with Crippen LogP contribution >= 0.6 is 0 Å². The van der Waals surface area contributed by atoms with Crippen LogP contribution in [-0.4, -0.2) is 52.9 Å². The third-order valence-electron chi connectivity index (χ3n) is 2.70. The molecule has 1 aliphatic rings. The van der Waals surface area contributed by atoms with E-state index in [1.165, 1.54) is 0 Å². The van der Waals surface area contributed by atoms with Gasteiger partial charge in [-0.1, -0.05) is 0 Å². The predicted molar refractivity (Wildman–Crippen MR) is 60.0 cm³/mol. The Bertz CT molecular complexity index is 227. The SMILES string of the molecule is CC1OC(CO)C(OC(C)(C)C)C(O)C1N. The van der Waals surface area contributed by atoms with Crippen LogP contribution in [0.25, 0.3) is 0 Å². The van der Waals surface area contributed by atoms with Gasteiger partial charge in [0.05, 0.1) is 24.4 Å². The number of nitrogens with two attached hydrogens (primary N) is 1. The molecule has 0 aromatic heterocycles. The molecule has 1 rings (SSSR count). The Kier molecular flexibility index (Phi) is 4.31. The van der Waals surface area contributed by atoms with Gasteiger partial charge in [-0.05, 0) is 27.7 Å². The van der Waals surface area contributed by atoms with Crippen LogP contribution in [0.3, 0.4) is 0 Å². The van der Waals surface area contributed by atoms with Gasteiger partial charge in [-0.3, -0.25) is 0 Å². The van der Waals surface area contributed by atoms with Gasteiger partial charge in [0, 0.05) is 0 Å². The van der Waals surface area contributed by atoms with Crippen LogP contribution in [0.15, 0.2) is 0 Å². The summed E-state index contributed by atoms with van der Waals surface area (Å²) < 4.78 is 11.2. The summed E-state index contributed by atoms with van der Waals surface area (Å²) in [6, 6.07) is -0.491. The van der Waals surface area contributed by atoms with Crippen LogP contribution in [0.2, 0.25) is 0 Å². The van der Waals surface area contributed by atoms with Gasteiger partial charge in [-0.2, -0.15) is 0 Å². The number of aliphatic hydroxyl groups excluding tert-OH is 2. The third-order valence-corrected chi connectivity index (χ3v) is 2.70. The van der Waals surface area contributed by atoms with Gasteiger partial charge in [0.2, 0.25) is 0 Å². The molecule has 5 unspecified atom stereocenters. The third kappa shape index (κ3) is 3.15. The molecule has 0 spiro atoms. The average molecular weight is 233 g/mol. The monoisotopic (exact) mass is 233 g/mol. The van der Waals surface area contributed by atoms with Crippen molar-refractivity contribution in [2.24, 2.45) is 5.73 Å². The van der Waals surface area contributed by atoms with Crippen LogP contribution in [-0.2, 0) is 9.47 Å². The molecule has 1 fully saturated rings. The van der Waals surface area contributed by atoms with Gasteiger partial charge in [0.1, 0.15) is 18.3 Å². The molecule has 0 aliphatic carbocycles. The summed E-state index contributed by atoms with van der Waals surface area (Å²) in [4.78, 5) is 0. The zero-order valence-corrected chi connectivity index (χ0v) is 10.4. The van der Waals surface area contributed by atoms with E-state index in [2.05, 4.69) is 0 Å². The summed E-state index contributed by atoms with van der Waals surface area (Å²) in [6.07, 6.45) is -2.22. The molecule has 5 nitrogen and oxygen atoms in total. The number of hydrogen-bond acceptors (Lipinski definition) is 5. The first-order chi connectivity index (χ1) is 7.26. The summed E-state index contributed by atoms with van der Waals surface area (Å²) in [5, 5.41) is 19.3. The van der Waals surface area contributed by atoms with E-state index in [-0.39, 0.29) is 12.7 Å². The highest BCUT2D eigenvalue weighted by Gasteiger charge is 2.43. The van der Waals surface area contributed by atoms with Gasteiger partial charge in [0.15, 0.2) is 0 Å². The van der Waals surface area contributed by atoms with E-state index in [9.17, 15) is 10.2 Å². The molecule has 5 heteroatoms. The van der Waals surface area contributed by atoms with E-state index in [0.717, 1.165) is 0 Å². The maximum absolute atomic E-state index is 10.0. The molecule has 16 heavy (non-hydrogen) atoms. The minimum absolute atomic E-state index is 0.186. The summed E-state index contributed by atoms with van der Waals surface area (Å²) in [5.74, 6) is 0. The Balaban J connectivity index is 2.77. The van der Waals surface area contributed by atoms with E-state index in [4.69, 9.17) is 15.2 Å². The number of ether oxygens (including phenoxy) is 2. The van der Waals surface area contributed by atoms with E-state index in [1.807, 2.05) is 20.8 Å². The fourth-order valence-corrected chi connectivity index (χ4v) is 1.86. The van der Waals surface area contributed by atoms with Gasteiger partial charge >= 0.3 is 0 Å². The van der Waals surface area contributed by atoms with Crippen molar-refractivity contribution in [1.82, 2.24) is 0 Å². The molecule has 0 aromatic carbocycles. The molecule has 0 amide bonds. The van der Waals surface area contributed by atoms with Gasteiger partial charge in [-0.15, -0.1) is 0 Å². The van der Waals surface area contributed by atoms with E-state index < -0.39 is 30.0 Å². The van der Waals surface area contributed by atoms with Crippen LogP contribution in [0.5, 0.6) is 0 Å². The Morgan fingerprint density at radius 1 is 1.38 bits per heavy atom. The van der Waals surface area contributed by atoms with Crippen LogP contribution < -0.4 is 5.73 Å².